The Morgan fingerprint density at radius 3 is 2.27 bits per heavy atom. The summed E-state index contributed by atoms with van der Waals surface area (Å²) in [5, 5.41) is 16.1. The maximum atomic E-state index is 13.0. The predicted molar refractivity (Wildman–Crippen MR) is 135 cm³/mol. The fourth-order valence-electron chi connectivity index (χ4n) is 7.65. The van der Waals surface area contributed by atoms with Crippen molar-refractivity contribution in [1.29, 1.82) is 5.26 Å². The van der Waals surface area contributed by atoms with Gasteiger partial charge in [-0.05, 0) is 94.6 Å². The molecule has 198 valence electrons. The predicted octanol–water partition coefficient (Wildman–Crippen LogP) is 4.80. The Morgan fingerprint density at radius 2 is 1.68 bits per heavy atom. The second kappa shape index (κ2) is 10.7. The second-order valence-electron chi connectivity index (χ2n) is 11.6. The highest BCUT2D eigenvalue weighted by atomic mass is 16.5. The van der Waals surface area contributed by atoms with Crippen molar-refractivity contribution in [2.75, 3.05) is 6.61 Å². The summed E-state index contributed by atoms with van der Waals surface area (Å²) in [7, 11) is 0. The molecule has 5 aliphatic carbocycles. The number of carbonyl (C=O) groups excluding carboxylic acids is 3. The molecule has 1 aromatic rings. The van der Waals surface area contributed by atoms with Gasteiger partial charge in [-0.25, -0.2) is 9.59 Å². The minimum absolute atomic E-state index is 0.0469. The van der Waals surface area contributed by atoms with Gasteiger partial charge in [-0.1, -0.05) is 18.6 Å². The zero-order chi connectivity index (χ0) is 26.0. The molecule has 0 spiro atoms. The van der Waals surface area contributed by atoms with Crippen LogP contribution in [0.3, 0.4) is 0 Å². The van der Waals surface area contributed by atoms with Crippen LogP contribution in [0.25, 0.3) is 0 Å². The summed E-state index contributed by atoms with van der Waals surface area (Å²) in [5.41, 5.74) is 0.834. The zero-order valence-corrected chi connectivity index (χ0v) is 21.5. The zero-order valence-electron chi connectivity index (χ0n) is 21.5. The molecule has 5 aliphatic rings. The Bertz CT molecular complexity index is 1030. The molecule has 5 saturated carbocycles. The molecule has 0 heterocycles. The quantitative estimate of drug-likeness (QED) is 0.512. The summed E-state index contributed by atoms with van der Waals surface area (Å²) < 4.78 is 10.6. The molecule has 1 unspecified atom stereocenters. The third-order valence-electron chi connectivity index (χ3n) is 8.84. The molecule has 0 radical (unpaired) electrons. The molecule has 3 atom stereocenters. The monoisotopic (exact) mass is 507 g/mol. The molecule has 37 heavy (non-hydrogen) atoms. The number of nitrogens with one attached hydrogen (secondary N) is 2. The van der Waals surface area contributed by atoms with Crippen LogP contribution in [-0.4, -0.2) is 36.2 Å². The summed E-state index contributed by atoms with van der Waals surface area (Å²) in [6.07, 6.45) is 9.05. The topological polar surface area (TPSA) is 118 Å². The van der Waals surface area contributed by atoms with E-state index >= 15 is 0 Å². The lowest BCUT2D eigenvalue weighted by atomic mass is 9.53. The number of ether oxygens (including phenoxy) is 2. The highest BCUT2D eigenvalue weighted by molar-refractivity contribution is 5.89. The lowest BCUT2D eigenvalue weighted by Gasteiger charge is -2.56. The minimum atomic E-state index is -1.06. The lowest BCUT2D eigenvalue weighted by molar-refractivity contribution is -0.153. The van der Waals surface area contributed by atoms with Crippen LogP contribution in [0.1, 0.15) is 93.2 Å². The number of benzene rings is 1. The molecule has 8 heteroatoms. The summed E-state index contributed by atoms with van der Waals surface area (Å²) in [6.45, 7) is 2.01. The van der Waals surface area contributed by atoms with Gasteiger partial charge in [0.05, 0.1) is 18.1 Å². The molecular weight excluding hydrogens is 470 g/mol. The molecule has 4 bridgehead atoms. The van der Waals surface area contributed by atoms with Gasteiger partial charge >= 0.3 is 18.0 Å². The fraction of sp³-hybridized carbons (Fsp3) is 0.655. The number of urea groups is 1. The molecule has 2 N–H and O–H groups in total. The number of nitriles is 1. The van der Waals surface area contributed by atoms with Crippen molar-refractivity contribution in [1.82, 2.24) is 10.6 Å². The molecule has 8 nitrogen and oxygen atoms in total. The number of esters is 2. The van der Waals surface area contributed by atoms with Crippen LogP contribution >= 0.6 is 0 Å². The van der Waals surface area contributed by atoms with E-state index in [1.807, 2.05) is 6.07 Å². The van der Waals surface area contributed by atoms with E-state index in [2.05, 4.69) is 10.6 Å². The van der Waals surface area contributed by atoms with Crippen molar-refractivity contribution in [3.63, 3.8) is 0 Å². The summed E-state index contributed by atoms with van der Waals surface area (Å²) in [6, 6.07) is 8.17. The summed E-state index contributed by atoms with van der Waals surface area (Å²) >= 11 is 0. The number of carbonyl (C=O) groups is 3. The molecule has 6 rings (SSSR count). The van der Waals surface area contributed by atoms with E-state index in [0.717, 1.165) is 49.9 Å². The Morgan fingerprint density at radius 1 is 1.03 bits per heavy atom. The van der Waals surface area contributed by atoms with Crippen molar-refractivity contribution in [2.45, 2.75) is 88.8 Å². The first-order valence-corrected chi connectivity index (χ1v) is 13.8. The average Bonchev–Trinajstić information content (AvgIpc) is 2.86. The van der Waals surface area contributed by atoms with Crippen molar-refractivity contribution < 1.29 is 23.9 Å². The third-order valence-corrected chi connectivity index (χ3v) is 8.84. The first kappa shape index (κ1) is 25.6. The van der Waals surface area contributed by atoms with Gasteiger partial charge in [-0.3, -0.25) is 4.79 Å². The number of rotatable bonds is 7. The van der Waals surface area contributed by atoms with Gasteiger partial charge in [0.15, 0.2) is 0 Å². The average molecular weight is 508 g/mol. The van der Waals surface area contributed by atoms with Gasteiger partial charge in [0.2, 0.25) is 6.10 Å². The van der Waals surface area contributed by atoms with Crippen molar-refractivity contribution >= 4 is 18.0 Å². The first-order chi connectivity index (χ1) is 17.9. The fourth-order valence-corrected chi connectivity index (χ4v) is 7.65. The van der Waals surface area contributed by atoms with Crippen molar-refractivity contribution in [3.8, 4) is 6.07 Å². The summed E-state index contributed by atoms with van der Waals surface area (Å²) in [4.78, 5) is 37.8. The van der Waals surface area contributed by atoms with Gasteiger partial charge in [0.1, 0.15) is 6.07 Å². The van der Waals surface area contributed by atoms with Crippen LogP contribution in [0.2, 0.25) is 0 Å². The molecule has 1 aromatic carbocycles. The maximum absolute atomic E-state index is 13.0. The highest BCUT2D eigenvalue weighted by Crippen LogP contribution is 2.55. The number of hydrogen-bond acceptors (Lipinski definition) is 6. The number of amides is 2. The highest BCUT2D eigenvalue weighted by Gasteiger charge is 2.51. The SMILES string of the molecule is CCOC(=O)c1ccc(C(C#N)OC(=O)[C@@H]2CCC[C@@H](NC(=O)NC34CC5CC(CC(C5)C3)C4)C2)cc1. The van der Waals surface area contributed by atoms with E-state index in [1.165, 1.54) is 19.3 Å². The Kier molecular flexibility index (Phi) is 7.41. The van der Waals surface area contributed by atoms with Crippen LogP contribution in [-0.2, 0) is 14.3 Å². The van der Waals surface area contributed by atoms with Gasteiger partial charge in [-0.2, -0.15) is 5.26 Å². The number of hydrogen-bond donors (Lipinski definition) is 2. The summed E-state index contributed by atoms with van der Waals surface area (Å²) in [5.74, 6) is 1.05. The molecule has 2 amide bonds. The van der Waals surface area contributed by atoms with E-state index in [1.54, 1.807) is 31.2 Å². The van der Waals surface area contributed by atoms with Gasteiger partial charge in [0.25, 0.3) is 0 Å². The van der Waals surface area contributed by atoms with Crippen LogP contribution < -0.4 is 10.6 Å². The Balaban J connectivity index is 1.13. The normalized spacial score (nSPS) is 32.6. The maximum Gasteiger partial charge on any atom is 0.338 e. The molecule has 0 saturated heterocycles. The standard InChI is InChI=1S/C29H37N3O5/c1-2-36-26(33)22-8-6-21(7-9-22)25(17-30)37-27(34)23-4-3-5-24(13-23)31-28(35)32-29-14-18-10-19(15-29)12-20(11-18)16-29/h6-9,18-20,23-25H,2-5,10-16H2,1H3,(H2,31,32,35)/t18?,19?,20?,23-,24-,25?,29?/m1/s1. The van der Waals surface area contributed by atoms with E-state index in [0.29, 0.717) is 24.0 Å². The van der Waals surface area contributed by atoms with Gasteiger partial charge < -0.3 is 20.1 Å². The van der Waals surface area contributed by atoms with Gasteiger partial charge in [-0.15, -0.1) is 0 Å². The Hall–Kier alpha value is -3.08. The van der Waals surface area contributed by atoms with E-state index in [-0.39, 0.29) is 30.1 Å². The largest absolute Gasteiger partial charge is 0.462 e. The molecular formula is C29H37N3O5. The first-order valence-electron chi connectivity index (χ1n) is 13.8. The second-order valence-corrected chi connectivity index (χ2v) is 11.6. The van der Waals surface area contributed by atoms with Crippen molar-refractivity contribution in [2.24, 2.45) is 23.7 Å². The van der Waals surface area contributed by atoms with Gasteiger partial charge in [0, 0.05) is 17.1 Å². The van der Waals surface area contributed by atoms with Crippen LogP contribution in [0.15, 0.2) is 24.3 Å². The lowest BCUT2D eigenvalue weighted by Crippen LogP contribution is -2.62. The van der Waals surface area contributed by atoms with Crippen molar-refractivity contribution in [3.05, 3.63) is 35.4 Å². The van der Waals surface area contributed by atoms with E-state index in [9.17, 15) is 19.6 Å². The van der Waals surface area contributed by atoms with Crippen LogP contribution in [0.4, 0.5) is 4.79 Å². The Labute approximate surface area is 218 Å². The van der Waals surface area contributed by atoms with Crippen LogP contribution in [0, 0.1) is 35.0 Å². The van der Waals surface area contributed by atoms with E-state index < -0.39 is 18.0 Å². The third kappa shape index (κ3) is 5.76. The van der Waals surface area contributed by atoms with Crippen LogP contribution in [0.5, 0.6) is 0 Å². The number of nitrogens with zero attached hydrogens (tertiary/aromatic N) is 1. The smallest absolute Gasteiger partial charge is 0.338 e. The minimum Gasteiger partial charge on any atom is -0.462 e. The molecule has 0 aliphatic heterocycles. The van der Waals surface area contributed by atoms with E-state index in [4.69, 9.17) is 9.47 Å². The molecule has 5 fully saturated rings. The molecule has 0 aromatic heterocycles.